The Hall–Kier alpha value is -1.28. The standard InChI is InChI=1S/C14H14BrFN2O2S/c15-12-4-1-10(2-5-12)9-18-21(19,20)14-7-11(8-17)3-6-13(14)16/h1-7,18H,8-9,17H2. The molecule has 0 atom stereocenters. The van der Waals surface area contributed by atoms with E-state index >= 15 is 0 Å². The highest BCUT2D eigenvalue weighted by atomic mass is 79.9. The van der Waals surface area contributed by atoms with Crippen LogP contribution in [0.3, 0.4) is 0 Å². The van der Waals surface area contributed by atoms with E-state index in [-0.39, 0.29) is 18.0 Å². The number of sulfonamides is 1. The van der Waals surface area contributed by atoms with Crippen LogP contribution in [-0.4, -0.2) is 8.42 Å². The second kappa shape index (κ2) is 6.65. The van der Waals surface area contributed by atoms with Gasteiger partial charge in [-0.2, -0.15) is 0 Å². The van der Waals surface area contributed by atoms with Crippen LogP contribution in [0, 0.1) is 5.82 Å². The van der Waals surface area contributed by atoms with Crippen LogP contribution in [0.4, 0.5) is 4.39 Å². The highest BCUT2D eigenvalue weighted by Crippen LogP contribution is 2.17. The van der Waals surface area contributed by atoms with Crippen LogP contribution in [0.2, 0.25) is 0 Å². The van der Waals surface area contributed by atoms with Gasteiger partial charge in [0.05, 0.1) is 0 Å². The number of benzene rings is 2. The Bertz CT molecular complexity index is 733. The van der Waals surface area contributed by atoms with Crippen molar-refractivity contribution in [2.45, 2.75) is 18.0 Å². The molecule has 0 aliphatic carbocycles. The fourth-order valence-corrected chi connectivity index (χ4v) is 3.15. The first-order valence-corrected chi connectivity index (χ1v) is 8.42. The van der Waals surface area contributed by atoms with E-state index in [4.69, 9.17) is 5.73 Å². The van der Waals surface area contributed by atoms with E-state index < -0.39 is 15.8 Å². The lowest BCUT2D eigenvalue weighted by Crippen LogP contribution is -2.24. The predicted molar refractivity (Wildman–Crippen MR) is 82.5 cm³/mol. The maximum Gasteiger partial charge on any atom is 0.243 e. The van der Waals surface area contributed by atoms with Crippen LogP contribution >= 0.6 is 15.9 Å². The minimum atomic E-state index is -3.92. The summed E-state index contributed by atoms with van der Waals surface area (Å²) in [6.45, 7) is 0.234. The molecule has 0 radical (unpaired) electrons. The molecule has 0 spiro atoms. The maximum atomic E-state index is 13.7. The van der Waals surface area contributed by atoms with Gasteiger partial charge in [0.2, 0.25) is 10.0 Å². The summed E-state index contributed by atoms with van der Waals surface area (Å²) in [5.74, 6) is -0.796. The lowest BCUT2D eigenvalue weighted by molar-refractivity contribution is 0.556. The van der Waals surface area contributed by atoms with Crippen molar-refractivity contribution in [3.63, 3.8) is 0 Å². The molecule has 3 N–H and O–H groups in total. The highest BCUT2D eigenvalue weighted by molar-refractivity contribution is 9.10. The van der Waals surface area contributed by atoms with Crippen LogP contribution < -0.4 is 10.5 Å². The molecule has 0 saturated carbocycles. The molecular weight excluding hydrogens is 359 g/mol. The Morgan fingerprint density at radius 1 is 1.10 bits per heavy atom. The van der Waals surface area contributed by atoms with Gasteiger partial charge in [-0.1, -0.05) is 34.1 Å². The molecule has 2 rings (SSSR count). The molecule has 2 aromatic carbocycles. The summed E-state index contributed by atoms with van der Waals surface area (Å²) in [5.41, 5.74) is 6.78. The monoisotopic (exact) mass is 372 g/mol. The van der Waals surface area contributed by atoms with Crippen LogP contribution in [0.1, 0.15) is 11.1 Å². The molecule has 0 aliphatic heterocycles. The Morgan fingerprint density at radius 2 is 1.71 bits per heavy atom. The second-order valence-corrected chi connectivity index (χ2v) is 7.07. The molecule has 21 heavy (non-hydrogen) atoms. The molecule has 112 valence electrons. The maximum absolute atomic E-state index is 13.7. The topological polar surface area (TPSA) is 72.2 Å². The van der Waals surface area contributed by atoms with Crippen molar-refractivity contribution in [3.8, 4) is 0 Å². The van der Waals surface area contributed by atoms with E-state index in [0.717, 1.165) is 16.1 Å². The van der Waals surface area contributed by atoms with E-state index in [9.17, 15) is 12.8 Å². The van der Waals surface area contributed by atoms with Gasteiger partial charge in [-0.05, 0) is 35.4 Å². The molecule has 0 unspecified atom stereocenters. The van der Waals surface area contributed by atoms with Gasteiger partial charge in [0.15, 0.2) is 0 Å². The van der Waals surface area contributed by atoms with Gasteiger partial charge < -0.3 is 5.73 Å². The summed E-state index contributed by atoms with van der Waals surface area (Å²) in [4.78, 5) is -0.387. The van der Waals surface area contributed by atoms with E-state index in [1.165, 1.54) is 12.1 Å². The summed E-state index contributed by atoms with van der Waals surface area (Å²) in [5, 5.41) is 0. The van der Waals surface area contributed by atoms with Crippen LogP contribution in [0.5, 0.6) is 0 Å². The van der Waals surface area contributed by atoms with Gasteiger partial charge in [-0.3, -0.25) is 0 Å². The van der Waals surface area contributed by atoms with Gasteiger partial charge in [0.25, 0.3) is 0 Å². The summed E-state index contributed by atoms with van der Waals surface area (Å²) < 4.78 is 41.3. The van der Waals surface area contributed by atoms with Gasteiger partial charge in [0.1, 0.15) is 10.7 Å². The number of halogens is 2. The first kappa shape index (κ1) is 16.1. The second-order valence-electron chi connectivity index (χ2n) is 4.42. The fourth-order valence-electron chi connectivity index (χ4n) is 1.74. The SMILES string of the molecule is NCc1ccc(F)c(S(=O)(=O)NCc2ccc(Br)cc2)c1. The lowest BCUT2D eigenvalue weighted by Gasteiger charge is -2.09. The molecule has 0 fully saturated rings. The van der Waals surface area contributed by atoms with E-state index in [1.54, 1.807) is 24.3 Å². The van der Waals surface area contributed by atoms with E-state index in [2.05, 4.69) is 20.7 Å². The number of hydrogen-bond acceptors (Lipinski definition) is 3. The van der Waals surface area contributed by atoms with Crippen molar-refractivity contribution in [1.82, 2.24) is 4.72 Å². The minimum absolute atomic E-state index is 0.0852. The Labute approximate surface area is 131 Å². The Balaban J connectivity index is 2.20. The zero-order chi connectivity index (χ0) is 15.5. The molecule has 0 aromatic heterocycles. The van der Waals surface area contributed by atoms with Gasteiger partial charge in [0, 0.05) is 17.6 Å². The fraction of sp³-hybridized carbons (Fsp3) is 0.143. The minimum Gasteiger partial charge on any atom is -0.326 e. The van der Waals surface area contributed by atoms with Gasteiger partial charge in [-0.25, -0.2) is 17.5 Å². The molecule has 0 heterocycles. The van der Waals surface area contributed by atoms with Crippen molar-refractivity contribution in [1.29, 1.82) is 0 Å². The van der Waals surface area contributed by atoms with Crippen molar-refractivity contribution < 1.29 is 12.8 Å². The van der Waals surface area contributed by atoms with Crippen LogP contribution in [-0.2, 0) is 23.1 Å². The largest absolute Gasteiger partial charge is 0.326 e. The van der Waals surface area contributed by atoms with E-state index in [1.807, 2.05) is 0 Å². The zero-order valence-corrected chi connectivity index (χ0v) is 13.4. The summed E-state index contributed by atoms with van der Waals surface area (Å²) in [6.07, 6.45) is 0. The third-order valence-corrected chi connectivity index (χ3v) is 4.85. The quantitative estimate of drug-likeness (QED) is 0.846. The molecular formula is C14H14BrFN2O2S. The average molecular weight is 373 g/mol. The third-order valence-electron chi connectivity index (χ3n) is 2.90. The number of nitrogens with one attached hydrogen (secondary N) is 1. The predicted octanol–water partition coefficient (Wildman–Crippen LogP) is 2.53. The number of hydrogen-bond donors (Lipinski definition) is 2. The van der Waals surface area contributed by atoms with Crippen molar-refractivity contribution >= 4 is 26.0 Å². The molecule has 0 aliphatic rings. The summed E-state index contributed by atoms with van der Waals surface area (Å²) >= 11 is 3.30. The number of rotatable bonds is 5. The van der Waals surface area contributed by atoms with Gasteiger partial charge >= 0.3 is 0 Å². The average Bonchev–Trinajstić information content (AvgIpc) is 2.47. The Morgan fingerprint density at radius 3 is 2.33 bits per heavy atom. The first-order chi connectivity index (χ1) is 9.92. The molecule has 2 aromatic rings. The Kier molecular flexibility index (Phi) is 5.10. The molecule has 4 nitrogen and oxygen atoms in total. The van der Waals surface area contributed by atoms with E-state index in [0.29, 0.717) is 5.56 Å². The summed E-state index contributed by atoms with van der Waals surface area (Å²) in [6, 6.07) is 11.0. The lowest BCUT2D eigenvalue weighted by atomic mass is 10.2. The normalized spacial score (nSPS) is 11.6. The molecule has 0 saturated heterocycles. The number of nitrogens with two attached hydrogens (primary N) is 1. The van der Waals surface area contributed by atoms with Crippen molar-refractivity contribution in [2.75, 3.05) is 0 Å². The zero-order valence-electron chi connectivity index (χ0n) is 11.0. The first-order valence-electron chi connectivity index (χ1n) is 6.15. The highest BCUT2D eigenvalue weighted by Gasteiger charge is 2.19. The van der Waals surface area contributed by atoms with Crippen LogP contribution in [0.15, 0.2) is 51.8 Å². The smallest absolute Gasteiger partial charge is 0.243 e. The molecule has 0 amide bonds. The molecule has 7 heteroatoms. The van der Waals surface area contributed by atoms with Crippen LogP contribution in [0.25, 0.3) is 0 Å². The summed E-state index contributed by atoms with van der Waals surface area (Å²) in [7, 11) is -3.92. The van der Waals surface area contributed by atoms with Gasteiger partial charge in [-0.15, -0.1) is 0 Å². The third kappa shape index (κ3) is 4.10. The van der Waals surface area contributed by atoms with Crippen molar-refractivity contribution in [3.05, 3.63) is 63.9 Å². The van der Waals surface area contributed by atoms with Crippen molar-refractivity contribution in [2.24, 2.45) is 5.73 Å². The molecule has 0 bridgehead atoms.